The van der Waals surface area contributed by atoms with Gasteiger partial charge in [-0.2, -0.15) is 0 Å². The van der Waals surface area contributed by atoms with Gasteiger partial charge >= 0.3 is 23.3 Å². The van der Waals surface area contributed by atoms with Gasteiger partial charge in [0.05, 0.1) is 0 Å². The molecule has 0 aliphatic carbocycles. The molecule has 0 amide bonds. The molecule has 4 rings (SSSR count). The molecule has 3 aromatic rings. The van der Waals surface area contributed by atoms with Crippen LogP contribution in [0.1, 0.15) is 45.4 Å². The van der Waals surface area contributed by atoms with Crippen molar-refractivity contribution in [1.29, 1.82) is 0 Å². The number of carbonyl (C=O) groups is 2. The average molecular weight is 474 g/mol. The van der Waals surface area contributed by atoms with E-state index in [1.807, 2.05) is 38.4 Å². The third-order valence-electron chi connectivity index (χ3n) is 4.57. The molecule has 180 valence electrons. The molecule has 14 heteroatoms. The first kappa shape index (κ1) is 25.7. The van der Waals surface area contributed by atoms with Crippen molar-refractivity contribution in [1.82, 2.24) is 29.8 Å². The molecule has 0 unspecified atom stereocenters. The van der Waals surface area contributed by atoms with Crippen molar-refractivity contribution in [2.45, 2.75) is 18.9 Å². The van der Waals surface area contributed by atoms with E-state index in [9.17, 15) is 28.8 Å². The Labute approximate surface area is 190 Å². The number of carboxylic acids is 2. The van der Waals surface area contributed by atoms with E-state index in [1.165, 1.54) is 24.9 Å². The Morgan fingerprint density at radius 2 is 1.47 bits per heavy atom. The summed E-state index contributed by atoms with van der Waals surface area (Å²) in [4.78, 5) is 76.3. The van der Waals surface area contributed by atoms with Gasteiger partial charge in [0.1, 0.15) is 11.4 Å². The summed E-state index contributed by atoms with van der Waals surface area (Å²) in [5, 5.41) is 16.6. The van der Waals surface area contributed by atoms with Gasteiger partial charge in [-0.3, -0.25) is 29.4 Å². The summed E-state index contributed by atoms with van der Waals surface area (Å²) >= 11 is 0. The number of carboxylic acid groups (broad SMARTS) is 2. The van der Waals surface area contributed by atoms with Crippen molar-refractivity contribution in [3.8, 4) is 0 Å². The van der Waals surface area contributed by atoms with E-state index in [1.54, 1.807) is 0 Å². The summed E-state index contributed by atoms with van der Waals surface area (Å²) in [6.45, 7) is 1.22. The van der Waals surface area contributed by atoms with Crippen LogP contribution < -0.4 is 22.5 Å². The highest BCUT2D eigenvalue weighted by Gasteiger charge is 2.22. The second kappa shape index (κ2) is 11.9. The number of rotatable bonds is 3. The number of nitrogens with zero attached hydrogens (tertiary/aromatic N) is 2. The van der Waals surface area contributed by atoms with Gasteiger partial charge in [-0.15, -0.1) is 0 Å². The molecule has 0 aromatic carbocycles. The molecule has 34 heavy (non-hydrogen) atoms. The molecular weight excluding hydrogens is 452 g/mol. The van der Waals surface area contributed by atoms with Crippen molar-refractivity contribution >= 4 is 11.9 Å². The van der Waals surface area contributed by atoms with E-state index in [2.05, 4.69) is 23.0 Å². The van der Waals surface area contributed by atoms with Crippen LogP contribution in [0.4, 0.5) is 0 Å². The number of aromatic nitrogens is 5. The molecule has 0 spiro atoms. The molecule has 6 N–H and O–H groups in total. The molecule has 0 radical (unpaired) electrons. The van der Waals surface area contributed by atoms with E-state index >= 15 is 0 Å². The Hall–Kier alpha value is -4.59. The number of pyridine rings is 1. The number of aromatic amines is 4. The summed E-state index contributed by atoms with van der Waals surface area (Å²) in [6, 6.07) is 6.38. The van der Waals surface area contributed by atoms with Crippen LogP contribution in [0.15, 0.2) is 55.8 Å². The fourth-order valence-corrected chi connectivity index (χ4v) is 3.07. The van der Waals surface area contributed by atoms with Gasteiger partial charge in [0, 0.05) is 30.6 Å². The van der Waals surface area contributed by atoms with Crippen LogP contribution in [0.2, 0.25) is 0 Å². The van der Waals surface area contributed by atoms with Gasteiger partial charge in [-0.1, -0.05) is 6.07 Å². The fraction of sp³-hybridized carbons (Fsp3) is 0.250. The van der Waals surface area contributed by atoms with Crippen LogP contribution in [0.25, 0.3) is 0 Å². The minimum absolute atomic E-state index is 0.418. The van der Waals surface area contributed by atoms with Crippen LogP contribution in [0.3, 0.4) is 0 Å². The van der Waals surface area contributed by atoms with E-state index in [0.717, 1.165) is 12.1 Å². The van der Waals surface area contributed by atoms with Crippen LogP contribution in [0, 0.1) is 0 Å². The summed E-state index contributed by atoms with van der Waals surface area (Å²) < 4.78 is 0. The SMILES string of the molecule is CN1CCC[C@H]1c1cccnc1.O=C(O)c1cc(=O)[nH]c(=O)[nH]1.O=C(O)c1cc(=O)[nH]c(=O)[nH]1. The van der Waals surface area contributed by atoms with Gasteiger partial charge < -0.3 is 20.2 Å². The smallest absolute Gasteiger partial charge is 0.352 e. The molecule has 4 heterocycles. The van der Waals surface area contributed by atoms with E-state index in [0.29, 0.717) is 6.04 Å². The Morgan fingerprint density at radius 1 is 0.941 bits per heavy atom. The van der Waals surface area contributed by atoms with Crippen LogP contribution in [-0.4, -0.2) is 65.6 Å². The van der Waals surface area contributed by atoms with Crippen LogP contribution in [-0.2, 0) is 0 Å². The summed E-state index contributed by atoms with van der Waals surface area (Å²) in [5.74, 6) is -2.68. The number of hydrogen-bond donors (Lipinski definition) is 6. The van der Waals surface area contributed by atoms with Crippen molar-refractivity contribution in [3.05, 3.63) is 95.3 Å². The lowest BCUT2D eigenvalue weighted by Crippen LogP contribution is -2.24. The standard InChI is InChI=1S/C10H14N2.2C5H4N2O4/c1-12-7-3-5-10(12)9-4-2-6-11-8-9;2*8-3-1-2(4(9)10)6-5(11)7-3/h2,4,6,8,10H,3,5,7H2,1H3;2*1H,(H,9,10)(H2,6,7,8,11)/t10-;;/m0../s1. The van der Waals surface area contributed by atoms with Gasteiger partial charge in [-0.25, -0.2) is 19.2 Å². The van der Waals surface area contributed by atoms with Crippen molar-refractivity contribution < 1.29 is 19.8 Å². The predicted molar refractivity (Wildman–Crippen MR) is 118 cm³/mol. The second-order valence-electron chi connectivity index (χ2n) is 7.04. The molecule has 3 aromatic heterocycles. The number of likely N-dealkylation sites (tertiary alicyclic amines) is 1. The van der Waals surface area contributed by atoms with Crippen molar-refractivity contribution in [3.63, 3.8) is 0 Å². The van der Waals surface area contributed by atoms with Crippen LogP contribution in [0.5, 0.6) is 0 Å². The molecular formula is C20H22N6O8. The van der Waals surface area contributed by atoms with Gasteiger partial charge in [0.2, 0.25) is 0 Å². The first-order chi connectivity index (χ1) is 16.1. The lowest BCUT2D eigenvalue weighted by molar-refractivity contribution is 0.0679. The van der Waals surface area contributed by atoms with Crippen LogP contribution >= 0.6 is 0 Å². The minimum Gasteiger partial charge on any atom is -0.477 e. The van der Waals surface area contributed by atoms with E-state index in [-0.39, 0.29) is 0 Å². The zero-order valence-corrected chi connectivity index (χ0v) is 17.9. The van der Waals surface area contributed by atoms with Crippen molar-refractivity contribution in [2.24, 2.45) is 0 Å². The topological polar surface area (TPSA) is 222 Å². The summed E-state index contributed by atoms with van der Waals surface area (Å²) in [5.41, 5.74) is -2.59. The third kappa shape index (κ3) is 7.83. The van der Waals surface area contributed by atoms with E-state index < -0.39 is 45.8 Å². The molecule has 1 saturated heterocycles. The van der Waals surface area contributed by atoms with Gasteiger partial charge in [-0.05, 0) is 38.1 Å². The summed E-state index contributed by atoms with van der Waals surface area (Å²) in [7, 11) is 2.19. The lowest BCUT2D eigenvalue weighted by atomic mass is 10.1. The zero-order valence-electron chi connectivity index (χ0n) is 17.9. The summed E-state index contributed by atoms with van der Waals surface area (Å²) in [6.07, 6.45) is 6.41. The number of H-pyrrole nitrogens is 4. The monoisotopic (exact) mass is 474 g/mol. The molecule has 0 saturated carbocycles. The Morgan fingerprint density at radius 3 is 1.82 bits per heavy atom. The Kier molecular flexibility index (Phi) is 8.96. The molecule has 1 aliphatic heterocycles. The third-order valence-corrected chi connectivity index (χ3v) is 4.57. The normalized spacial score (nSPS) is 14.8. The minimum atomic E-state index is -1.34. The maximum atomic E-state index is 10.5. The highest BCUT2D eigenvalue weighted by Crippen LogP contribution is 2.29. The number of nitrogens with one attached hydrogen (secondary N) is 4. The second-order valence-corrected chi connectivity index (χ2v) is 7.04. The van der Waals surface area contributed by atoms with Crippen molar-refractivity contribution in [2.75, 3.05) is 13.6 Å². The maximum Gasteiger partial charge on any atom is 0.352 e. The van der Waals surface area contributed by atoms with Gasteiger partial charge in [0.15, 0.2) is 0 Å². The highest BCUT2D eigenvalue weighted by atomic mass is 16.4. The first-order valence-electron chi connectivity index (χ1n) is 9.81. The Balaban J connectivity index is 0.000000181. The Bertz CT molecular complexity index is 1220. The molecule has 0 bridgehead atoms. The molecule has 14 nitrogen and oxygen atoms in total. The fourth-order valence-electron chi connectivity index (χ4n) is 3.07. The lowest BCUT2D eigenvalue weighted by Gasteiger charge is -2.18. The molecule has 1 aliphatic rings. The highest BCUT2D eigenvalue weighted by molar-refractivity contribution is 5.85. The van der Waals surface area contributed by atoms with Gasteiger partial charge in [0.25, 0.3) is 11.1 Å². The first-order valence-corrected chi connectivity index (χ1v) is 9.81. The predicted octanol–water partition coefficient (Wildman–Crippen LogP) is -0.629. The van der Waals surface area contributed by atoms with E-state index in [4.69, 9.17) is 10.2 Å². The quantitative estimate of drug-likeness (QED) is 0.282. The number of hydrogen-bond acceptors (Lipinski definition) is 8. The maximum absolute atomic E-state index is 10.5. The molecule has 1 fully saturated rings. The average Bonchev–Trinajstić information content (AvgIpc) is 3.20. The number of aromatic carboxylic acids is 2. The molecule has 1 atom stereocenters. The largest absolute Gasteiger partial charge is 0.477 e. The zero-order chi connectivity index (χ0) is 25.3.